The molecule has 3 aromatic rings. The van der Waals surface area contributed by atoms with Crippen molar-refractivity contribution >= 4 is 0 Å². The fourth-order valence-electron chi connectivity index (χ4n) is 4.00. The summed E-state index contributed by atoms with van der Waals surface area (Å²) >= 11 is 0. The van der Waals surface area contributed by atoms with Gasteiger partial charge in [-0.2, -0.15) is 0 Å². The molecule has 140 valence electrons. The molecule has 0 bridgehead atoms. The van der Waals surface area contributed by atoms with Gasteiger partial charge in [0.1, 0.15) is 0 Å². The summed E-state index contributed by atoms with van der Waals surface area (Å²) in [4.78, 5) is 2.50. The molecular formula is C23H26N2O2. The number of hydrogen-bond donors (Lipinski definition) is 1. The maximum atomic E-state index is 10.3. The molecule has 1 unspecified atom stereocenters. The summed E-state index contributed by atoms with van der Waals surface area (Å²) in [6, 6.07) is 18.9. The molecule has 2 aromatic carbocycles. The van der Waals surface area contributed by atoms with E-state index in [1.807, 2.05) is 12.1 Å². The van der Waals surface area contributed by atoms with Crippen LogP contribution in [0.25, 0.3) is 0 Å². The minimum atomic E-state index is 0.0978. The minimum Gasteiger partial charge on any atom is -0.504 e. The standard InChI is InChI=1S/C23H26N2O2/c1-17-6-8-18(9-7-17)16-25-14-4-13-24-12-3-5-20(24)23(25)19-10-11-22(27-2)21(26)15-19/h3,5-12,15,23,26H,4,13-14,16H2,1-2H3. The summed E-state index contributed by atoms with van der Waals surface area (Å²) in [6.07, 6.45) is 3.26. The minimum absolute atomic E-state index is 0.0978. The lowest BCUT2D eigenvalue weighted by Gasteiger charge is -2.31. The van der Waals surface area contributed by atoms with E-state index in [0.29, 0.717) is 5.75 Å². The molecule has 27 heavy (non-hydrogen) atoms. The molecule has 2 heterocycles. The number of aryl methyl sites for hydroxylation is 2. The van der Waals surface area contributed by atoms with Gasteiger partial charge in [0.25, 0.3) is 0 Å². The Hall–Kier alpha value is -2.72. The van der Waals surface area contributed by atoms with Crippen LogP contribution in [0.5, 0.6) is 11.5 Å². The number of phenols is 1. The van der Waals surface area contributed by atoms with E-state index >= 15 is 0 Å². The molecule has 0 amide bonds. The number of benzene rings is 2. The van der Waals surface area contributed by atoms with Crippen LogP contribution in [-0.4, -0.2) is 28.2 Å². The lowest BCUT2D eigenvalue weighted by molar-refractivity contribution is 0.220. The average molecular weight is 362 g/mol. The van der Waals surface area contributed by atoms with Crippen LogP contribution in [0.3, 0.4) is 0 Å². The highest BCUT2D eigenvalue weighted by Gasteiger charge is 2.28. The molecule has 1 aliphatic heterocycles. The van der Waals surface area contributed by atoms with Gasteiger partial charge in [-0.25, -0.2) is 0 Å². The largest absolute Gasteiger partial charge is 0.504 e. The molecule has 0 aliphatic carbocycles. The number of methoxy groups -OCH3 is 1. The van der Waals surface area contributed by atoms with Crippen LogP contribution in [0.2, 0.25) is 0 Å². The van der Waals surface area contributed by atoms with Crippen molar-refractivity contribution in [2.75, 3.05) is 13.7 Å². The van der Waals surface area contributed by atoms with Crippen LogP contribution in [0.1, 0.15) is 34.8 Å². The number of aromatic nitrogens is 1. The van der Waals surface area contributed by atoms with Crippen LogP contribution >= 0.6 is 0 Å². The molecule has 4 nitrogen and oxygen atoms in total. The monoisotopic (exact) mass is 362 g/mol. The van der Waals surface area contributed by atoms with Crippen molar-refractivity contribution in [3.05, 3.63) is 83.2 Å². The zero-order chi connectivity index (χ0) is 18.8. The zero-order valence-electron chi connectivity index (χ0n) is 15.9. The lowest BCUT2D eigenvalue weighted by Crippen LogP contribution is -2.29. The Morgan fingerprint density at radius 2 is 1.89 bits per heavy atom. The second kappa shape index (κ2) is 7.49. The van der Waals surface area contributed by atoms with E-state index in [9.17, 15) is 5.11 Å². The highest BCUT2D eigenvalue weighted by molar-refractivity contribution is 5.44. The molecular weight excluding hydrogens is 336 g/mol. The van der Waals surface area contributed by atoms with Crippen LogP contribution in [-0.2, 0) is 13.1 Å². The van der Waals surface area contributed by atoms with E-state index in [-0.39, 0.29) is 11.8 Å². The summed E-state index contributed by atoms with van der Waals surface area (Å²) in [5.74, 6) is 0.695. The summed E-state index contributed by atoms with van der Waals surface area (Å²) in [5, 5.41) is 10.3. The molecule has 1 aliphatic rings. The number of nitrogens with zero attached hydrogens (tertiary/aromatic N) is 2. The predicted molar refractivity (Wildman–Crippen MR) is 107 cm³/mol. The summed E-state index contributed by atoms with van der Waals surface area (Å²) in [5.41, 5.74) is 4.94. The van der Waals surface area contributed by atoms with E-state index in [2.05, 4.69) is 65.1 Å². The number of rotatable bonds is 4. The quantitative estimate of drug-likeness (QED) is 0.742. The Morgan fingerprint density at radius 3 is 2.63 bits per heavy atom. The Balaban J connectivity index is 1.74. The fourth-order valence-corrected chi connectivity index (χ4v) is 4.00. The SMILES string of the molecule is COc1ccc(C2c3cccn3CCCN2Cc2ccc(C)cc2)cc1O. The molecule has 1 atom stereocenters. The highest BCUT2D eigenvalue weighted by Crippen LogP contribution is 2.37. The normalized spacial score (nSPS) is 17.3. The van der Waals surface area contributed by atoms with E-state index in [1.165, 1.54) is 16.8 Å². The topological polar surface area (TPSA) is 37.6 Å². The van der Waals surface area contributed by atoms with Crippen molar-refractivity contribution in [1.29, 1.82) is 0 Å². The molecule has 0 spiro atoms. The third-order valence-corrected chi connectivity index (χ3v) is 5.38. The highest BCUT2D eigenvalue weighted by atomic mass is 16.5. The molecule has 1 aromatic heterocycles. The number of phenolic OH excluding ortho intramolecular Hbond substituents is 1. The Bertz CT molecular complexity index is 914. The molecule has 0 saturated heterocycles. The van der Waals surface area contributed by atoms with Crippen molar-refractivity contribution in [2.24, 2.45) is 0 Å². The number of fused-ring (bicyclic) bond motifs is 1. The maximum absolute atomic E-state index is 10.3. The Labute approximate surface area is 160 Å². The molecule has 1 N–H and O–H groups in total. The van der Waals surface area contributed by atoms with Crippen LogP contribution in [0.15, 0.2) is 60.8 Å². The van der Waals surface area contributed by atoms with Gasteiger partial charge in [-0.15, -0.1) is 0 Å². The van der Waals surface area contributed by atoms with E-state index in [1.54, 1.807) is 7.11 Å². The third kappa shape index (κ3) is 3.58. The van der Waals surface area contributed by atoms with Gasteiger partial charge in [0.05, 0.1) is 13.2 Å². The second-order valence-electron chi connectivity index (χ2n) is 7.27. The van der Waals surface area contributed by atoms with Crippen molar-refractivity contribution in [1.82, 2.24) is 9.47 Å². The smallest absolute Gasteiger partial charge is 0.160 e. The first kappa shape index (κ1) is 17.7. The third-order valence-electron chi connectivity index (χ3n) is 5.38. The molecule has 0 radical (unpaired) electrons. The first-order valence-electron chi connectivity index (χ1n) is 9.47. The summed E-state index contributed by atoms with van der Waals surface area (Å²) in [6.45, 7) is 5.02. The van der Waals surface area contributed by atoms with Gasteiger partial charge in [0.2, 0.25) is 0 Å². The van der Waals surface area contributed by atoms with Crippen molar-refractivity contribution in [3.8, 4) is 11.5 Å². The van der Waals surface area contributed by atoms with E-state index in [4.69, 9.17) is 4.74 Å². The summed E-state index contributed by atoms with van der Waals surface area (Å²) < 4.78 is 7.57. The van der Waals surface area contributed by atoms with Gasteiger partial charge >= 0.3 is 0 Å². The molecule has 4 rings (SSSR count). The van der Waals surface area contributed by atoms with Crippen LogP contribution < -0.4 is 4.74 Å². The number of hydrogen-bond acceptors (Lipinski definition) is 3. The Kier molecular flexibility index (Phi) is 4.90. The predicted octanol–water partition coefficient (Wildman–Crippen LogP) is 4.51. The average Bonchev–Trinajstić information content (AvgIpc) is 3.05. The van der Waals surface area contributed by atoms with E-state index < -0.39 is 0 Å². The Morgan fingerprint density at radius 1 is 1.07 bits per heavy atom. The molecule has 4 heteroatoms. The first-order chi connectivity index (χ1) is 13.2. The van der Waals surface area contributed by atoms with Crippen molar-refractivity contribution in [3.63, 3.8) is 0 Å². The van der Waals surface area contributed by atoms with Crippen LogP contribution in [0, 0.1) is 6.92 Å². The maximum Gasteiger partial charge on any atom is 0.160 e. The van der Waals surface area contributed by atoms with Gasteiger partial charge < -0.3 is 14.4 Å². The fraction of sp³-hybridized carbons (Fsp3) is 0.304. The lowest BCUT2D eigenvalue weighted by atomic mass is 10.00. The van der Waals surface area contributed by atoms with Gasteiger partial charge in [-0.1, -0.05) is 35.9 Å². The molecule has 0 saturated carbocycles. The van der Waals surface area contributed by atoms with Gasteiger partial charge in [-0.3, -0.25) is 4.90 Å². The van der Waals surface area contributed by atoms with Crippen molar-refractivity contribution < 1.29 is 9.84 Å². The van der Waals surface area contributed by atoms with Crippen LogP contribution in [0.4, 0.5) is 0 Å². The molecule has 0 fully saturated rings. The zero-order valence-corrected chi connectivity index (χ0v) is 15.9. The first-order valence-corrected chi connectivity index (χ1v) is 9.47. The summed E-state index contributed by atoms with van der Waals surface area (Å²) in [7, 11) is 1.58. The second-order valence-corrected chi connectivity index (χ2v) is 7.27. The van der Waals surface area contributed by atoms with E-state index in [0.717, 1.165) is 31.6 Å². The van der Waals surface area contributed by atoms with Crippen molar-refractivity contribution in [2.45, 2.75) is 32.5 Å². The van der Waals surface area contributed by atoms with Gasteiger partial charge in [0.15, 0.2) is 11.5 Å². The van der Waals surface area contributed by atoms with Gasteiger partial charge in [-0.05, 0) is 48.7 Å². The number of ether oxygens (including phenoxy) is 1. The number of aromatic hydroxyl groups is 1. The van der Waals surface area contributed by atoms with Gasteiger partial charge in [0, 0.05) is 31.5 Å².